The van der Waals surface area contributed by atoms with E-state index in [-0.39, 0.29) is 23.7 Å². The molecule has 0 saturated heterocycles. The van der Waals surface area contributed by atoms with Crippen LogP contribution in [0.4, 0.5) is 4.39 Å². The number of benzene rings is 1. The molecule has 0 aliphatic carbocycles. The molecule has 0 aliphatic heterocycles. The van der Waals surface area contributed by atoms with Crippen molar-refractivity contribution in [2.45, 2.75) is 13.8 Å². The largest absolute Gasteiger partial charge is 0.508 e. The summed E-state index contributed by atoms with van der Waals surface area (Å²) in [7, 11) is 0. The summed E-state index contributed by atoms with van der Waals surface area (Å²) in [6.45, 7) is 3.73. The molecule has 130 valence electrons. The fraction of sp³-hybridized carbons (Fsp3) is 0.150. The highest BCUT2D eigenvalue weighted by Gasteiger charge is 2.04. The molecule has 1 aromatic carbocycles. The number of phenols is 1. The minimum atomic E-state index is -0.342. The number of aromatic nitrogens is 1. The quantitative estimate of drug-likeness (QED) is 0.801. The van der Waals surface area contributed by atoms with Crippen LogP contribution in [0.3, 0.4) is 0 Å². The second-order valence-corrected chi connectivity index (χ2v) is 5.33. The first-order chi connectivity index (χ1) is 12.0. The van der Waals surface area contributed by atoms with Crippen LogP contribution in [0.15, 0.2) is 77.5 Å². The molecular weight excluding hydrogens is 321 g/mol. The van der Waals surface area contributed by atoms with Gasteiger partial charge in [-0.1, -0.05) is 12.2 Å². The van der Waals surface area contributed by atoms with Crippen molar-refractivity contribution in [1.29, 1.82) is 0 Å². The predicted molar refractivity (Wildman–Crippen MR) is 97.1 cm³/mol. The number of phenolic OH excluding ortho intramolecular Hbond substituents is 1. The molecular formula is C20H20FNO3. The highest BCUT2D eigenvalue weighted by Crippen LogP contribution is 2.19. The van der Waals surface area contributed by atoms with Crippen molar-refractivity contribution >= 4 is 0 Å². The average Bonchev–Trinajstić information content (AvgIpc) is 2.57. The van der Waals surface area contributed by atoms with Crippen LogP contribution in [-0.4, -0.2) is 16.3 Å². The molecule has 0 unspecified atom stereocenters. The Labute approximate surface area is 145 Å². The SMILES string of the molecule is C\C=C/C(F)=C\C=C\COc1ccn(-c2ccc(O)c(C)c2)c(=O)c1. The normalized spacial score (nSPS) is 12.2. The maximum Gasteiger partial charge on any atom is 0.258 e. The van der Waals surface area contributed by atoms with Gasteiger partial charge in [-0.05, 0) is 61.9 Å². The molecule has 25 heavy (non-hydrogen) atoms. The zero-order chi connectivity index (χ0) is 18.2. The molecule has 0 amide bonds. The van der Waals surface area contributed by atoms with E-state index in [0.29, 0.717) is 17.0 Å². The Hall–Kier alpha value is -3.08. The Morgan fingerprint density at radius 2 is 2.12 bits per heavy atom. The molecule has 1 N–H and O–H groups in total. The minimum Gasteiger partial charge on any atom is -0.508 e. The van der Waals surface area contributed by atoms with Crippen LogP contribution < -0.4 is 10.3 Å². The molecule has 0 atom stereocenters. The number of aryl methyl sites for hydroxylation is 1. The lowest BCUT2D eigenvalue weighted by Crippen LogP contribution is -2.16. The van der Waals surface area contributed by atoms with Gasteiger partial charge in [-0.2, -0.15) is 0 Å². The second kappa shape index (κ2) is 8.68. The first kappa shape index (κ1) is 18.3. The number of hydrogen-bond donors (Lipinski definition) is 1. The van der Waals surface area contributed by atoms with E-state index in [2.05, 4.69) is 0 Å². The zero-order valence-corrected chi connectivity index (χ0v) is 14.1. The zero-order valence-electron chi connectivity index (χ0n) is 14.1. The summed E-state index contributed by atoms with van der Waals surface area (Å²) in [4.78, 5) is 12.2. The summed E-state index contributed by atoms with van der Waals surface area (Å²) in [5.74, 6) is 0.272. The van der Waals surface area contributed by atoms with Crippen LogP contribution >= 0.6 is 0 Å². The number of allylic oxidation sites excluding steroid dienone is 5. The maximum absolute atomic E-state index is 13.1. The molecule has 2 rings (SSSR count). The first-order valence-electron chi connectivity index (χ1n) is 7.82. The van der Waals surface area contributed by atoms with Gasteiger partial charge in [-0.3, -0.25) is 9.36 Å². The number of aromatic hydroxyl groups is 1. The summed E-state index contributed by atoms with van der Waals surface area (Å²) >= 11 is 0. The Morgan fingerprint density at radius 3 is 2.80 bits per heavy atom. The van der Waals surface area contributed by atoms with E-state index in [1.165, 1.54) is 22.8 Å². The maximum atomic E-state index is 13.1. The predicted octanol–water partition coefficient (Wildman–Crippen LogP) is 4.22. The van der Waals surface area contributed by atoms with Crippen molar-refractivity contribution in [3.8, 4) is 17.2 Å². The fourth-order valence-electron chi connectivity index (χ4n) is 2.13. The van der Waals surface area contributed by atoms with Gasteiger partial charge in [0.25, 0.3) is 5.56 Å². The monoisotopic (exact) mass is 341 g/mol. The molecule has 0 spiro atoms. The standard InChI is InChI=1S/C20H20FNO3/c1-3-6-16(21)7-4-5-12-25-18-10-11-22(20(24)14-18)17-8-9-19(23)15(2)13-17/h3-11,13-14,23H,12H2,1-2H3/b5-4+,6-3-,16-7+. The van der Waals surface area contributed by atoms with Crippen molar-refractivity contribution < 1.29 is 14.2 Å². The van der Waals surface area contributed by atoms with Crippen molar-refractivity contribution in [3.63, 3.8) is 0 Å². The number of pyridine rings is 1. The molecule has 5 heteroatoms. The van der Waals surface area contributed by atoms with E-state index in [0.717, 1.165) is 0 Å². The third-order valence-electron chi connectivity index (χ3n) is 3.41. The molecule has 1 aromatic heterocycles. The van der Waals surface area contributed by atoms with Gasteiger partial charge in [-0.25, -0.2) is 4.39 Å². The van der Waals surface area contributed by atoms with E-state index in [1.54, 1.807) is 62.5 Å². The second-order valence-electron chi connectivity index (χ2n) is 5.33. The van der Waals surface area contributed by atoms with Gasteiger partial charge >= 0.3 is 0 Å². The highest BCUT2D eigenvalue weighted by atomic mass is 19.1. The Balaban J connectivity index is 2.04. The molecule has 0 fully saturated rings. The molecule has 4 nitrogen and oxygen atoms in total. The van der Waals surface area contributed by atoms with E-state index >= 15 is 0 Å². The van der Waals surface area contributed by atoms with E-state index in [4.69, 9.17) is 4.74 Å². The number of hydrogen-bond acceptors (Lipinski definition) is 3. The Bertz CT molecular complexity index is 879. The van der Waals surface area contributed by atoms with Crippen molar-refractivity contribution in [3.05, 3.63) is 88.7 Å². The van der Waals surface area contributed by atoms with Gasteiger partial charge < -0.3 is 9.84 Å². The number of nitrogens with zero attached hydrogens (tertiary/aromatic N) is 1. The van der Waals surface area contributed by atoms with Gasteiger partial charge in [0.15, 0.2) is 0 Å². The lowest BCUT2D eigenvalue weighted by molar-refractivity contribution is 0.361. The third-order valence-corrected chi connectivity index (χ3v) is 3.41. The highest BCUT2D eigenvalue weighted by molar-refractivity contribution is 5.43. The topological polar surface area (TPSA) is 51.5 Å². The van der Waals surface area contributed by atoms with Crippen molar-refractivity contribution in [2.75, 3.05) is 6.61 Å². The summed E-state index contributed by atoms with van der Waals surface area (Å²) in [6.07, 6.45) is 9.11. The average molecular weight is 341 g/mol. The summed E-state index contributed by atoms with van der Waals surface area (Å²) in [5.41, 5.74) is 1.11. The van der Waals surface area contributed by atoms with Crippen LogP contribution in [-0.2, 0) is 0 Å². The van der Waals surface area contributed by atoms with Crippen LogP contribution in [0.5, 0.6) is 11.5 Å². The van der Waals surface area contributed by atoms with Gasteiger partial charge in [0.05, 0.1) is 0 Å². The smallest absolute Gasteiger partial charge is 0.258 e. The molecule has 0 bridgehead atoms. The van der Waals surface area contributed by atoms with Gasteiger partial charge in [0.2, 0.25) is 0 Å². The summed E-state index contributed by atoms with van der Waals surface area (Å²) in [6, 6.07) is 8.00. The van der Waals surface area contributed by atoms with Crippen molar-refractivity contribution in [1.82, 2.24) is 4.57 Å². The summed E-state index contributed by atoms with van der Waals surface area (Å²) in [5, 5.41) is 9.56. The van der Waals surface area contributed by atoms with Crippen LogP contribution in [0.25, 0.3) is 5.69 Å². The molecule has 0 saturated carbocycles. The molecule has 1 heterocycles. The number of rotatable bonds is 6. The van der Waals surface area contributed by atoms with E-state index in [9.17, 15) is 14.3 Å². The van der Waals surface area contributed by atoms with Crippen LogP contribution in [0.2, 0.25) is 0 Å². The van der Waals surface area contributed by atoms with Crippen LogP contribution in [0, 0.1) is 6.92 Å². The fourth-order valence-corrected chi connectivity index (χ4v) is 2.13. The number of halogens is 1. The van der Waals surface area contributed by atoms with Gasteiger partial charge in [0, 0.05) is 18.0 Å². The first-order valence-corrected chi connectivity index (χ1v) is 7.82. The molecule has 0 radical (unpaired) electrons. The van der Waals surface area contributed by atoms with E-state index in [1.807, 2.05) is 0 Å². The van der Waals surface area contributed by atoms with E-state index < -0.39 is 0 Å². The minimum absolute atomic E-state index is 0.184. The Morgan fingerprint density at radius 1 is 1.32 bits per heavy atom. The van der Waals surface area contributed by atoms with Gasteiger partial charge in [-0.15, -0.1) is 0 Å². The van der Waals surface area contributed by atoms with Gasteiger partial charge in [0.1, 0.15) is 23.9 Å². The van der Waals surface area contributed by atoms with Crippen molar-refractivity contribution in [2.24, 2.45) is 0 Å². The Kier molecular flexibility index (Phi) is 6.34. The number of ether oxygens (including phenoxy) is 1. The molecule has 2 aromatic rings. The lowest BCUT2D eigenvalue weighted by Gasteiger charge is -2.09. The summed E-state index contributed by atoms with van der Waals surface area (Å²) < 4.78 is 20.0. The third kappa shape index (κ3) is 5.21. The lowest BCUT2D eigenvalue weighted by atomic mass is 10.2. The molecule has 0 aliphatic rings. The van der Waals surface area contributed by atoms with Crippen LogP contribution in [0.1, 0.15) is 12.5 Å².